The van der Waals surface area contributed by atoms with E-state index in [0.29, 0.717) is 31.7 Å². The van der Waals surface area contributed by atoms with Crippen molar-refractivity contribution in [2.75, 3.05) is 40.4 Å². The quantitative estimate of drug-likeness (QED) is 0.838. The minimum absolute atomic E-state index is 0.0000288. The van der Waals surface area contributed by atoms with E-state index in [1.165, 1.54) is 7.11 Å². The van der Waals surface area contributed by atoms with Crippen molar-refractivity contribution in [3.8, 4) is 5.75 Å². The highest BCUT2D eigenvalue weighted by Crippen LogP contribution is 2.25. The molecular formula is C17H24N2O4. The topological polar surface area (TPSA) is 59.1 Å². The smallest absolute Gasteiger partial charge is 0.409 e. The summed E-state index contributed by atoms with van der Waals surface area (Å²) in [6.07, 6.45) is 0.408. The van der Waals surface area contributed by atoms with Gasteiger partial charge in [-0.2, -0.15) is 0 Å². The number of benzene rings is 1. The lowest BCUT2D eigenvalue weighted by molar-refractivity contribution is 0.0756. The molecule has 0 saturated carbocycles. The Morgan fingerprint density at radius 2 is 1.61 bits per heavy atom. The largest absolute Gasteiger partial charge is 0.496 e. The Bertz CT molecular complexity index is 601. The summed E-state index contributed by atoms with van der Waals surface area (Å²) in [6, 6.07) is 3.64. The average molecular weight is 320 g/mol. The van der Waals surface area contributed by atoms with Crippen LogP contribution in [0.15, 0.2) is 12.1 Å². The van der Waals surface area contributed by atoms with E-state index < -0.39 is 0 Å². The first kappa shape index (κ1) is 17.1. The van der Waals surface area contributed by atoms with E-state index in [4.69, 9.17) is 9.47 Å². The summed E-state index contributed by atoms with van der Waals surface area (Å²) in [6.45, 7) is 6.13. The Morgan fingerprint density at radius 1 is 0.957 bits per heavy atom. The van der Waals surface area contributed by atoms with E-state index in [1.54, 1.807) is 16.9 Å². The van der Waals surface area contributed by atoms with Crippen molar-refractivity contribution in [2.45, 2.75) is 20.3 Å². The second kappa shape index (κ2) is 7.35. The summed E-state index contributed by atoms with van der Waals surface area (Å²) in [5, 5.41) is 0. The molecule has 0 unspecified atom stereocenters. The molecule has 0 bridgehead atoms. The van der Waals surface area contributed by atoms with Gasteiger partial charge in [0.05, 0.1) is 14.2 Å². The molecule has 126 valence electrons. The monoisotopic (exact) mass is 320 g/mol. The number of hydrogen-bond donors (Lipinski definition) is 0. The molecule has 1 fully saturated rings. The van der Waals surface area contributed by atoms with Crippen LogP contribution in [-0.4, -0.2) is 62.2 Å². The molecule has 2 amide bonds. The molecule has 1 aromatic carbocycles. The third-order valence-electron chi connectivity index (χ3n) is 4.40. The fourth-order valence-electron chi connectivity index (χ4n) is 2.85. The number of methoxy groups -OCH3 is 2. The van der Waals surface area contributed by atoms with Gasteiger partial charge in [0, 0.05) is 31.7 Å². The van der Waals surface area contributed by atoms with Crippen molar-refractivity contribution < 1.29 is 19.1 Å². The Balaban J connectivity index is 2.15. The molecule has 1 saturated heterocycles. The summed E-state index contributed by atoms with van der Waals surface area (Å²) in [5.74, 6) is 0.784. The normalized spacial score (nSPS) is 15.1. The Morgan fingerprint density at radius 3 is 2.26 bits per heavy atom. The summed E-state index contributed by atoms with van der Waals surface area (Å²) >= 11 is 0. The predicted octanol–water partition coefficient (Wildman–Crippen LogP) is 2.23. The number of carbonyl (C=O) groups is 2. The van der Waals surface area contributed by atoms with Crippen molar-refractivity contribution in [2.24, 2.45) is 0 Å². The number of ether oxygens (including phenoxy) is 2. The van der Waals surface area contributed by atoms with Gasteiger partial charge in [-0.1, -0.05) is 0 Å². The Kier molecular flexibility index (Phi) is 5.47. The first-order valence-corrected chi connectivity index (χ1v) is 7.76. The molecule has 0 atom stereocenters. The lowest BCUT2D eigenvalue weighted by Gasteiger charge is -2.23. The van der Waals surface area contributed by atoms with Gasteiger partial charge in [0.15, 0.2) is 0 Å². The predicted molar refractivity (Wildman–Crippen MR) is 87.0 cm³/mol. The van der Waals surface area contributed by atoms with Crippen LogP contribution in [0.3, 0.4) is 0 Å². The van der Waals surface area contributed by atoms with Crippen LogP contribution in [0.4, 0.5) is 4.79 Å². The maximum absolute atomic E-state index is 12.8. The van der Waals surface area contributed by atoms with Gasteiger partial charge in [-0.25, -0.2) is 4.79 Å². The summed E-state index contributed by atoms with van der Waals surface area (Å²) in [4.78, 5) is 27.9. The third-order valence-corrected chi connectivity index (χ3v) is 4.40. The zero-order valence-corrected chi connectivity index (χ0v) is 14.2. The van der Waals surface area contributed by atoms with E-state index >= 15 is 0 Å². The van der Waals surface area contributed by atoms with E-state index in [0.717, 1.165) is 23.3 Å². The molecule has 2 rings (SSSR count). The van der Waals surface area contributed by atoms with Gasteiger partial charge in [0.25, 0.3) is 5.91 Å². The lowest BCUT2D eigenvalue weighted by atomic mass is 10.0. The number of amides is 2. The van der Waals surface area contributed by atoms with E-state index in [1.807, 2.05) is 26.0 Å². The molecule has 23 heavy (non-hydrogen) atoms. The molecule has 6 heteroatoms. The standard InChI is InChI=1S/C17H24N2O4/c1-12-13(2)15(22-3)7-6-14(12)16(20)18-8-5-9-19(11-10-18)17(21)23-4/h6-7H,5,8-11H2,1-4H3. The highest BCUT2D eigenvalue weighted by Gasteiger charge is 2.24. The molecule has 1 aromatic rings. The van der Waals surface area contributed by atoms with Gasteiger partial charge in [0.2, 0.25) is 0 Å². The van der Waals surface area contributed by atoms with Crippen molar-refractivity contribution >= 4 is 12.0 Å². The first-order valence-electron chi connectivity index (χ1n) is 7.76. The van der Waals surface area contributed by atoms with Crippen LogP contribution in [0.1, 0.15) is 27.9 Å². The van der Waals surface area contributed by atoms with Crippen LogP contribution < -0.4 is 4.74 Å². The molecule has 0 radical (unpaired) electrons. The minimum Gasteiger partial charge on any atom is -0.496 e. The molecule has 0 aromatic heterocycles. The second-order valence-electron chi connectivity index (χ2n) is 5.67. The van der Waals surface area contributed by atoms with Crippen LogP contribution in [0, 0.1) is 13.8 Å². The lowest BCUT2D eigenvalue weighted by Crippen LogP contribution is -2.37. The molecular weight excluding hydrogens is 296 g/mol. The van der Waals surface area contributed by atoms with Crippen molar-refractivity contribution in [3.05, 3.63) is 28.8 Å². The maximum Gasteiger partial charge on any atom is 0.409 e. The fourth-order valence-corrected chi connectivity index (χ4v) is 2.85. The van der Waals surface area contributed by atoms with E-state index in [-0.39, 0.29) is 12.0 Å². The summed E-state index contributed by atoms with van der Waals surface area (Å²) < 4.78 is 10.1. The van der Waals surface area contributed by atoms with E-state index in [9.17, 15) is 9.59 Å². The molecule has 1 aliphatic rings. The SMILES string of the molecule is COC(=O)N1CCCN(C(=O)c2ccc(OC)c(C)c2C)CC1. The first-order chi connectivity index (χ1) is 11.0. The van der Waals surface area contributed by atoms with Gasteiger partial charge in [-0.3, -0.25) is 4.79 Å². The van der Waals surface area contributed by atoms with Crippen LogP contribution in [0.2, 0.25) is 0 Å². The molecule has 0 N–H and O–H groups in total. The second-order valence-corrected chi connectivity index (χ2v) is 5.67. The molecule has 0 spiro atoms. The summed E-state index contributed by atoms with van der Waals surface area (Å²) in [5.41, 5.74) is 2.60. The van der Waals surface area contributed by atoms with Crippen molar-refractivity contribution in [1.29, 1.82) is 0 Å². The van der Waals surface area contributed by atoms with Gasteiger partial charge in [-0.05, 0) is 43.5 Å². The maximum atomic E-state index is 12.8. The van der Waals surface area contributed by atoms with E-state index in [2.05, 4.69) is 0 Å². The van der Waals surface area contributed by atoms with Gasteiger partial charge in [0.1, 0.15) is 5.75 Å². The number of nitrogens with zero attached hydrogens (tertiary/aromatic N) is 2. The van der Waals surface area contributed by atoms with Crippen LogP contribution >= 0.6 is 0 Å². The summed E-state index contributed by atoms with van der Waals surface area (Å²) in [7, 11) is 3.00. The molecule has 6 nitrogen and oxygen atoms in total. The van der Waals surface area contributed by atoms with Gasteiger partial charge >= 0.3 is 6.09 Å². The molecule has 0 aliphatic carbocycles. The van der Waals surface area contributed by atoms with Crippen LogP contribution in [0.25, 0.3) is 0 Å². The fraction of sp³-hybridized carbons (Fsp3) is 0.529. The van der Waals surface area contributed by atoms with Gasteiger partial charge in [-0.15, -0.1) is 0 Å². The Labute approximate surface area is 137 Å². The van der Waals surface area contributed by atoms with Gasteiger partial charge < -0.3 is 19.3 Å². The van der Waals surface area contributed by atoms with Crippen molar-refractivity contribution in [3.63, 3.8) is 0 Å². The number of rotatable bonds is 2. The zero-order chi connectivity index (χ0) is 17.0. The van der Waals surface area contributed by atoms with Crippen LogP contribution in [-0.2, 0) is 4.74 Å². The number of hydrogen-bond acceptors (Lipinski definition) is 4. The average Bonchev–Trinajstić information content (AvgIpc) is 2.82. The third kappa shape index (κ3) is 3.57. The minimum atomic E-state index is -0.337. The van der Waals surface area contributed by atoms with Crippen molar-refractivity contribution in [1.82, 2.24) is 9.80 Å². The Hall–Kier alpha value is -2.24. The van der Waals surface area contributed by atoms with Crippen LogP contribution in [0.5, 0.6) is 5.75 Å². The molecule has 1 aliphatic heterocycles. The highest BCUT2D eigenvalue weighted by molar-refractivity contribution is 5.96. The highest BCUT2D eigenvalue weighted by atomic mass is 16.5. The number of carbonyl (C=O) groups excluding carboxylic acids is 2. The molecule has 1 heterocycles. The zero-order valence-electron chi connectivity index (χ0n) is 14.2.